The SMILES string of the molecule is [B]CCCCC(N)(C(=O)O)C1CC(N(Cc2ccccc2)Cc2ccccc2)C1. The average molecular weight is 390 g/mol. The van der Waals surface area contributed by atoms with E-state index in [1.165, 1.54) is 11.1 Å². The van der Waals surface area contributed by atoms with Crippen LogP contribution in [0.3, 0.4) is 0 Å². The van der Waals surface area contributed by atoms with Crippen LogP contribution in [0.25, 0.3) is 0 Å². The summed E-state index contributed by atoms with van der Waals surface area (Å²) in [5.74, 6) is -0.868. The van der Waals surface area contributed by atoms with Crippen molar-refractivity contribution in [3.63, 3.8) is 0 Å². The smallest absolute Gasteiger partial charge is 0.323 e. The average Bonchev–Trinajstić information content (AvgIpc) is 2.68. The van der Waals surface area contributed by atoms with Gasteiger partial charge in [0.2, 0.25) is 0 Å². The van der Waals surface area contributed by atoms with E-state index < -0.39 is 11.5 Å². The van der Waals surface area contributed by atoms with Gasteiger partial charge in [-0.25, -0.2) is 0 Å². The molecule has 2 aromatic rings. The van der Waals surface area contributed by atoms with Crippen molar-refractivity contribution in [2.75, 3.05) is 0 Å². The molecule has 5 heteroatoms. The first-order valence-electron chi connectivity index (χ1n) is 10.6. The number of rotatable bonds is 11. The van der Waals surface area contributed by atoms with Gasteiger partial charge in [0.1, 0.15) is 5.54 Å². The quantitative estimate of drug-likeness (QED) is 0.450. The van der Waals surface area contributed by atoms with Gasteiger partial charge >= 0.3 is 5.97 Å². The molecule has 2 aromatic carbocycles. The molecular weight excluding hydrogens is 359 g/mol. The predicted octanol–water partition coefficient (Wildman–Crippen LogP) is 4.01. The maximum Gasteiger partial charge on any atom is 0.323 e. The highest BCUT2D eigenvalue weighted by Gasteiger charge is 2.49. The minimum absolute atomic E-state index is 0.0109. The van der Waals surface area contributed by atoms with Gasteiger partial charge in [0.05, 0.1) is 7.85 Å². The Hall–Kier alpha value is -2.11. The normalized spacial score (nSPS) is 20.8. The van der Waals surface area contributed by atoms with Crippen LogP contribution in [0.2, 0.25) is 6.32 Å². The lowest BCUT2D eigenvalue weighted by Gasteiger charge is -2.49. The van der Waals surface area contributed by atoms with Gasteiger partial charge in [-0.2, -0.15) is 0 Å². The molecule has 1 unspecified atom stereocenters. The predicted molar refractivity (Wildman–Crippen MR) is 118 cm³/mol. The Morgan fingerprint density at radius 1 is 1.00 bits per heavy atom. The van der Waals surface area contributed by atoms with Gasteiger partial charge in [-0.05, 0) is 36.3 Å². The number of aliphatic carboxylic acids is 1. The van der Waals surface area contributed by atoms with Gasteiger partial charge in [-0.1, -0.05) is 79.8 Å². The molecule has 0 spiro atoms. The van der Waals surface area contributed by atoms with Crippen LogP contribution in [-0.2, 0) is 17.9 Å². The topological polar surface area (TPSA) is 66.6 Å². The molecule has 1 aliphatic rings. The van der Waals surface area contributed by atoms with E-state index in [1.54, 1.807) is 0 Å². The summed E-state index contributed by atoms with van der Waals surface area (Å²) >= 11 is 0. The standard InChI is InChI=1S/C24H31BN2O2/c25-14-8-7-13-24(26,23(28)29)21-15-22(16-21)27(17-19-9-3-1-4-10-19)18-20-11-5-2-6-12-20/h1-6,9-12,21-22H,7-8,13-18,26H2,(H,28,29). The zero-order valence-corrected chi connectivity index (χ0v) is 17.0. The first-order chi connectivity index (χ1) is 14.0. The highest BCUT2D eigenvalue weighted by Crippen LogP contribution is 2.41. The van der Waals surface area contributed by atoms with Crippen molar-refractivity contribution in [1.82, 2.24) is 4.90 Å². The van der Waals surface area contributed by atoms with Gasteiger partial charge in [0, 0.05) is 19.1 Å². The maximum absolute atomic E-state index is 11.9. The number of hydrogen-bond acceptors (Lipinski definition) is 3. The number of hydrogen-bond donors (Lipinski definition) is 2. The van der Waals surface area contributed by atoms with Gasteiger partial charge in [-0.3, -0.25) is 9.69 Å². The Bertz CT molecular complexity index is 723. The summed E-state index contributed by atoms with van der Waals surface area (Å²) in [5.41, 5.74) is 7.79. The van der Waals surface area contributed by atoms with Crippen molar-refractivity contribution in [2.45, 2.75) is 63.1 Å². The van der Waals surface area contributed by atoms with Gasteiger partial charge in [-0.15, -0.1) is 0 Å². The van der Waals surface area contributed by atoms with Crippen LogP contribution >= 0.6 is 0 Å². The van der Waals surface area contributed by atoms with Crippen molar-refractivity contribution < 1.29 is 9.90 Å². The van der Waals surface area contributed by atoms with E-state index in [1.807, 2.05) is 12.1 Å². The van der Waals surface area contributed by atoms with E-state index in [-0.39, 0.29) is 5.92 Å². The fraction of sp³-hybridized carbons (Fsp3) is 0.458. The van der Waals surface area contributed by atoms with Gasteiger partial charge in [0.25, 0.3) is 0 Å². The molecule has 1 fully saturated rings. The molecule has 29 heavy (non-hydrogen) atoms. The molecule has 4 nitrogen and oxygen atoms in total. The van der Waals surface area contributed by atoms with E-state index in [0.29, 0.717) is 18.8 Å². The summed E-state index contributed by atoms with van der Waals surface area (Å²) in [6.07, 6.45) is 4.30. The highest BCUT2D eigenvalue weighted by molar-refractivity contribution is 6.08. The van der Waals surface area contributed by atoms with E-state index in [0.717, 1.165) is 38.8 Å². The van der Waals surface area contributed by atoms with E-state index >= 15 is 0 Å². The lowest BCUT2D eigenvalue weighted by atomic mass is 9.65. The van der Waals surface area contributed by atoms with Crippen molar-refractivity contribution in [3.8, 4) is 0 Å². The first kappa shape index (κ1) is 21.6. The number of carboxylic acids is 1. The minimum Gasteiger partial charge on any atom is -0.480 e. The molecule has 0 saturated heterocycles. The van der Waals surface area contributed by atoms with Crippen LogP contribution in [0.15, 0.2) is 60.7 Å². The molecule has 1 atom stereocenters. The van der Waals surface area contributed by atoms with Crippen molar-refractivity contribution in [2.24, 2.45) is 11.7 Å². The summed E-state index contributed by atoms with van der Waals surface area (Å²) in [6, 6.07) is 21.2. The molecule has 0 aromatic heterocycles. The zero-order valence-electron chi connectivity index (χ0n) is 17.0. The summed E-state index contributed by atoms with van der Waals surface area (Å²) in [5, 5.41) is 9.79. The van der Waals surface area contributed by atoms with Crippen molar-refractivity contribution >= 4 is 13.8 Å². The van der Waals surface area contributed by atoms with Crippen molar-refractivity contribution in [1.29, 1.82) is 0 Å². The highest BCUT2D eigenvalue weighted by atomic mass is 16.4. The Morgan fingerprint density at radius 3 is 1.97 bits per heavy atom. The molecule has 1 aliphatic carbocycles. The molecular formula is C24H31BN2O2. The Morgan fingerprint density at radius 2 is 1.52 bits per heavy atom. The molecule has 3 N–H and O–H groups in total. The van der Waals surface area contributed by atoms with Crippen LogP contribution in [0, 0.1) is 5.92 Å². The number of benzene rings is 2. The van der Waals surface area contributed by atoms with Crippen LogP contribution in [0.4, 0.5) is 0 Å². The first-order valence-corrected chi connectivity index (χ1v) is 10.6. The molecule has 0 bridgehead atoms. The Balaban J connectivity index is 1.68. The Kier molecular flexibility index (Phi) is 7.51. The maximum atomic E-state index is 11.9. The third kappa shape index (κ3) is 5.49. The van der Waals surface area contributed by atoms with Crippen LogP contribution in [0.1, 0.15) is 43.2 Å². The monoisotopic (exact) mass is 390 g/mol. The Labute approximate surface area is 175 Å². The third-order valence-corrected chi connectivity index (χ3v) is 6.26. The van der Waals surface area contributed by atoms with Crippen LogP contribution in [-0.4, -0.2) is 35.4 Å². The summed E-state index contributed by atoms with van der Waals surface area (Å²) in [6.45, 7) is 1.70. The van der Waals surface area contributed by atoms with Crippen LogP contribution < -0.4 is 5.73 Å². The van der Waals surface area contributed by atoms with Crippen LogP contribution in [0.5, 0.6) is 0 Å². The van der Waals surface area contributed by atoms with Crippen molar-refractivity contribution in [3.05, 3.63) is 71.8 Å². The van der Waals surface area contributed by atoms with E-state index in [2.05, 4.69) is 53.4 Å². The van der Waals surface area contributed by atoms with E-state index in [4.69, 9.17) is 13.6 Å². The van der Waals surface area contributed by atoms with E-state index in [9.17, 15) is 9.90 Å². The second kappa shape index (κ2) is 10.1. The molecule has 0 amide bonds. The molecule has 0 aliphatic heterocycles. The minimum atomic E-state index is -1.14. The number of carboxylic acid groups (broad SMARTS) is 1. The second-order valence-electron chi connectivity index (χ2n) is 8.29. The number of nitrogens with zero attached hydrogens (tertiary/aromatic N) is 1. The number of carbonyl (C=O) groups is 1. The molecule has 3 rings (SSSR count). The molecule has 152 valence electrons. The lowest BCUT2D eigenvalue weighted by Crippen LogP contribution is -2.61. The molecule has 2 radical (unpaired) electrons. The summed E-state index contributed by atoms with van der Waals surface area (Å²) in [4.78, 5) is 14.4. The summed E-state index contributed by atoms with van der Waals surface area (Å²) < 4.78 is 0. The lowest BCUT2D eigenvalue weighted by molar-refractivity contribution is -0.149. The largest absolute Gasteiger partial charge is 0.480 e. The van der Waals surface area contributed by atoms with Gasteiger partial charge in [0.15, 0.2) is 0 Å². The zero-order chi connectivity index (χ0) is 20.7. The fourth-order valence-corrected chi connectivity index (χ4v) is 4.30. The number of nitrogens with two attached hydrogens (primary N) is 1. The molecule has 0 heterocycles. The second-order valence-corrected chi connectivity index (χ2v) is 8.29. The fourth-order valence-electron chi connectivity index (χ4n) is 4.30. The van der Waals surface area contributed by atoms with Gasteiger partial charge < -0.3 is 10.8 Å². The third-order valence-electron chi connectivity index (χ3n) is 6.26. The molecule has 1 saturated carbocycles. The summed E-state index contributed by atoms with van der Waals surface area (Å²) in [7, 11) is 5.57. The number of unbranched alkanes of at least 4 members (excludes halogenated alkanes) is 1.